The average Bonchev–Trinajstić information content (AvgIpc) is 3.09. The van der Waals surface area contributed by atoms with Gasteiger partial charge in [-0.25, -0.2) is 0 Å². The van der Waals surface area contributed by atoms with E-state index < -0.39 is 0 Å². The predicted octanol–water partition coefficient (Wildman–Crippen LogP) is 7.23. The molecular weight excluding hydrogens is 427 g/mol. The topological polar surface area (TPSA) is 32.3 Å². The number of halogens is 2. The summed E-state index contributed by atoms with van der Waals surface area (Å²) in [6.07, 6.45) is 1.96. The van der Waals surface area contributed by atoms with E-state index in [1.54, 1.807) is 23.1 Å². The van der Waals surface area contributed by atoms with Gasteiger partial charge in [-0.15, -0.1) is 0 Å². The Morgan fingerprint density at radius 3 is 2.29 bits per heavy atom. The molecular formula is C26H18Cl2N2O. The number of anilines is 2. The zero-order chi connectivity index (χ0) is 21.4. The van der Waals surface area contributed by atoms with Crippen LogP contribution in [-0.4, -0.2) is 5.91 Å². The van der Waals surface area contributed by atoms with Crippen molar-refractivity contribution < 1.29 is 4.79 Å². The molecule has 4 aromatic carbocycles. The van der Waals surface area contributed by atoms with Crippen LogP contribution in [0.3, 0.4) is 0 Å². The van der Waals surface area contributed by atoms with Crippen LogP contribution in [0.25, 0.3) is 10.8 Å². The third kappa shape index (κ3) is 3.78. The normalized spacial score (nSPS) is 15.9. The van der Waals surface area contributed by atoms with Crippen molar-refractivity contribution in [1.29, 1.82) is 0 Å². The Morgan fingerprint density at radius 1 is 0.774 bits per heavy atom. The minimum absolute atomic E-state index is 0.125. The molecule has 0 aromatic heterocycles. The van der Waals surface area contributed by atoms with Crippen LogP contribution in [0.2, 0.25) is 10.0 Å². The van der Waals surface area contributed by atoms with Crippen molar-refractivity contribution in [3.8, 4) is 0 Å². The van der Waals surface area contributed by atoms with Gasteiger partial charge in [-0.2, -0.15) is 0 Å². The molecule has 0 fully saturated rings. The maximum atomic E-state index is 13.5. The highest BCUT2D eigenvalue weighted by molar-refractivity contribution is 6.31. The molecule has 0 aliphatic carbocycles. The first kappa shape index (κ1) is 19.7. The Hall–Kier alpha value is -3.27. The van der Waals surface area contributed by atoms with Crippen LogP contribution in [0.4, 0.5) is 11.4 Å². The number of hydrogen-bond donors (Lipinski definition) is 1. The molecule has 1 N–H and O–H groups in total. The van der Waals surface area contributed by atoms with Crippen LogP contribution < -0.4 is 10.2 Å². The molecule has 0 radical (unpaired) electrons. The van der Waals surface area contributed by atoms with E-state index >= 15 is 0 Å². The smallest absolute Gasteiger partial charge is 0.275 e. The van der Waals surface area contributed by atoms with Crippen LogP contribution in [0, 0.1) is 0 Å². The zero-order valence-corrected chi connectivity index (χ0v) is 17.9. The molecule has 0 saturated heterocycles. The van der Waals surface area contributed by atoms with E-state index in [4.69, 9.17) is 23.2 Å². The predicted molar refractivity (Wildman–Crippen MR) is 129 cm³/mol. The maximum absolute atomic E-state index is 13.5. The lowest BCUT2D eigenvalue weighted by Gasteiger charge is -2.26. The number of amides is 1. The van der Waals surface area contributed by atoms with Crippen molar-refractivity contribution in [3.05, 3.63) is 118 Å². The number of hydrogen-bond acceptors (Lipinski definition) is 2. The molecule has 0 spiro atoms. The summed E-state index contributed by atoms with van der Waals surface area (Å²) in [5, 5.41) is 6.67. The van der Waals surface area contributed by atoms with Crippen molar-refractivity contribution in [1.82, 2.24) is 0 Å². The highest BCUT2D eigenvalue weighted by atomic mass is 35.5. The van der Waals surface area contributed by atoms with E-state index in [9.17, 15) is 4.79 Å². The summed E-state index contributed by atoms with van der Waals surface area (Å²) in [6, 6.07) is 28.8. The van der Waals surface area contributed by atoms with Crippen molar-refractivity contribution in [2.75, 3.05) is 10.2 Å². The van der Waals surface area contributed by atoms with Gasteiger partial charge < -0.3 is 5.32 Å². The average molecular weight is 445 g/mol. The standard InChI is InChI=1S/C26H18Cl2N2O/c27-18-8-4-10-20(14-18)29-24-16-25(23-13-3-7-17-6-1-2-12-22(17)23)30(26(24)31)21-11-5-9-19(28)15-21/h1-16,25,29H/t25-/m0/s1. The molecule has 152 valence electrons. The van der Waals surface area contributed by atoms with E-state index in [1.165, 1.54) is 0 Å². The van der Waals surface area contributed by atoms with Crippen LogP contribution >= 0.6 is 23.2 Å². The van der Waals surface area contributed by atoms with Crippen molar-refractivity contribution in [3.63, 3.8) is 0 Å². The first-order chi connectivity index (χ1) is 15.1. The van der Waals surface area contributed by atoms with E-state index in [2.05, 4.69) is 29.6 Å². The quantitative estimate of drug-likeness (QED) is 0.359. The Labute approximate surface area is 190 Å². The minimum atomic E-state index is -0.279. The first-order valence-electron chi connectivity index (χ1n) is 9.91. The lowest BCUT2D eigenvalue weighted by atomic mass is 9.98. The Bertz CT molecular complexity index is 1330. The number of benzene rings is 4. The van der Waals surface area contributed by atoms with E-state index in [0.29, 0.717) is 15.7 Å². The SMILES string of the molecule is O=C1C(Nc2cccc(Cl)c2)=C[C@@H](c2cccc3ccccc23)N1c1cccc(Cl)c1. The highest BCUT2D eigenvalue weighted by Gasteiger charge is 2.35. The minimum Gasteiger partial charge on any atom is -0.351 e. The first-order valence-corrected chi connectivity index (χ1v) is 10.7. The number of nitrogens with one attached hydrogen (secondary N) is 1. The van der Waals surface area contributed by atoms with Gasteiger partial charge in [0.25, 0.3) is 5.91 Å². The molecule has 1 aliphatic heterocycles. The van der Waals surface area contributed by atoms with Crippen molar-refractivity contribution >= 4 is 51.3 Å². The van der Waals surface area contributed by atoms with Crippen LogP contribution in [-0.2, 0) is 4.79 Å². The molecule has 0 bridgehead atoms. The largest absolute Gasteiger partial charge is 0.351 e. The molecule has 3 nitrogen and oxygen atoms in total. The third-order valence-electron chi connectivity index (χ3n) is 5.38. The summed E-state index contributed by atoms with van der Waals surface area (Å²) >= 11 is 12.4. The van der Waals surface area contributed by atoms with Gasteiger partial charge in [-0.3, -0.25) is 9.69 Å². The molecule has 5 rings (SSSR count). The molecule has 1 atom stereocenters. The maximum Gasteiger partial charge on any atom is 0.275 e. The molecule has 31 heavy (non-hydrogen) atoms. The van der Waals surface area contributed by atoms with Gasteiger partial charge in [0.15, 0.2) is 0 Å². The van der Waals surface area contributed by atoms with Crippen LogP contribution in [0.15, 0.2) is 103 Å². The van der Waals surface area contributed by atoms with Gasteiger partial charge in [0.05, 0.1) is 6.04 Å². The lowest BCUT2D eigenvalue weighted by molar-refractivity contribution is -0.114. The second-order valence-corrected chi connectivity index (χ2v) is 8.26. The summed E-state index contributed by atoms with van der Waals surface area (Å²) in [6.45, 7) is 0. The van der Waals surface area contributed by atoms with E-state index in [0.717, 1.165) is 27.7 Å². The number of nitrogens with zero attached hydrogens (tertiary/aromatic N) is 1. The lowest BCUT2D eigenvalue weighted by Crippen LogP contribution is -2.30. The van der Waals surface area contributed by atoms with Gasteiger partial charge >= 0.3 is 0 Å². The molecule has 1 amide bonds. The summed E-state index contributed by atoms with van der Waals surface area (Å²) in [5.74, 6) is -0.125. The number of rotatable bonds is 4. The van der Waals surface area contributed by atoms with Crippen molar-refractivity contribution in [2.24, 2.45) is 0 Å². The van der Waals surface area contributed by atoms with Gasteiger partial charge in [0.1, 0.15) is 5.70 Å². The monoisotopic (exact) mass is 444 g/mol. The molecule has 0 saturated carbocycles. The van der Waals surface area contributed by atoms with Crippen LogP contribution in [0.1, 0.15) is 11.6 Å². The number of fused-ring (bicyclic) bond motifs is 1. The Morgan fingerprint density at radius 2 is 1.48 bits per heavy atom. The van der Waals surface area contributed by atoms with Gasteiger partial charge in [0, 0.05) is 21.4 Å². The molecule has 1 aliphatic rings. The summed E-state index contributed by atoms with van der Waals surface area (Å²) in [4.78, 5) is 15.3. The van der Waals surface area contributed by atoms with Gasteiger partial charge in [0.2, 0.25) is 0 Å². The zero-order valence-electron chi connectivity index (χ0n) is 16.4. The fourth-order valence-corrected chi connectivity index (χ4v) is 4.39. The van der Waals surface area contributed by atoms with Gasteiger partial charge in [-0.05, 0) is 58.8 Å². The van der Waals surface area contributed by atoms with E-state index in [-0.39, 0.29) is 11.9 Å². The second kappa shape index (κ2) is 8.10. The number of carbonyl (C=O) groups excluding carboxylic acids is 1. The van der Waals surface area contributed by atoms with Gasteiger partial charge in [-0.1, -0.05) is 77.8 Å². The number of carbonyl (C=O) groups is 1. The summed E-state index contributed by atoms with van der Waals surface area (Å²) in [5.41, 5.74) is 3.06. The van der Waals surface area contributed by atoms with Crippen LogP contribution in [0.5, 0.6) is 0 Å². The Balaban J connectivity index is 1.64. The molecule has 4 aromatic rings. The molecule has 5 heteroatoms. The Kier molecular flexibility index (Phi) is 5.14. The molecule has 1 heterocycles. The summed E-state index contributed by atoms with van der Waals surface area (Å²) in [7, 11) is 0. The third-order valence-corrected chi connectivity index (χ3v) is 5.85. The van der Waals surface area contributed by atoms with Crippen molar-refractivity contribution in [2.45, 2.75) is 6.04 Å². The fraction of sp³-hybridized carbons (Fsp3) is 0.0385. The molecule has 0 unspecified atom stereocenters. The highest BCUT2D eigenvalue weighted by Crippen LogP contribution is 2.39. The van der Waals surface area contributed by atoms with E-state index in [1.807, 2.05) is 54.6 Å². The second-order valence-electron chi connectivity index (χ2n) is 7.38. The fourth-order valence-electron chi connectivity index (χ4n) is 4.02. The summed E-state index contributed by atoms with van der Waals surface area (Å²) < 4.78 is 0.